The largest absolute Gasteiger partial charge is 0.493 e. The SMILES string of the molecule is I.NC(=NCc1cc(Cl)sc1Cl)NC1CCOc2ccccc21. The van der Waals surface area contributed by atoms with Gasteiger partial charge in [0, 0.05) is 17.5 Å². The van der Waals surface area contributed by atoms with E-state index in [1.54, 1.807) is 0 Å². The van der Waals surface area contributed by atoms with E-state index < -0.39 is 0 Å². The van der Waals surface area contributed by atoms with Crippen LogP contribution in [0.4, 0.5) is 0 Å². The van der Waals surface area contributed by atoms with Gasteiger partial charge >= 0.3 is 0 Å². The van der Waals surface area contributed by atoms with Gasteiger partial charge in [-0.2, -0.15) is 0 Å². The van der Waals surface area contributed by atoms with Crippen LogP contribution in [-0.2, 0) is 6.54 Å². The number of nitrogens with one attached hydrogen (secondary N) is 1. The molecule has 0 saturated carbocycles. The summed E-state index contributed by atoms with van der Waals surface area (Å²) in [6, 6.07) is 9.87. The Morgan fingerprint density at radius 1 is 1.39 bits per heavy atom. The van der Waals surface area contributed by atoms with Gasteiger partial charge in [0.2, 0.25) is 0 Å². The standard InChI is InChI=1S/C15H15Cl2N3OS.HI/c16-13-7-9(14(17)22-13)8-19-15(18)20-11-5-6-21-12-4-2-1-3-10(11)12;/h1-4,7,11H,5-6,8H2,(H3,18,19,20);1H. The van der Waals surface area contributed by atoms with Crippen LogP contribution in [-0.4, -0.2) is 12.6 Å². The Balaban J connectivity index is 0.00000192. The van der Waals surface area contributed by atoms with E-state index in [1.165, 1.54) is 11.3 Å². The van der Waals surface area contributed by atoms with Crippen molar-refractivity contribution in [1.82, 2.24) is 5.32 Å². The van der Waals surface area contributed by atoms with E-state index in [0.717, 1.165) is 23.3 Å². The molecule has 1 atom stereocenters. The summed E-state index contributed by atoms with van der Waals surface area (Å²) in [5.41, 5.74) is 7.98. The van der Waals surface area contributed by atoms with Gasteiger partial charge in [0.25, 0.3) is 0 Å². The molecule has 4 nitrogen and oxygen atoms in total. The number of rotatable bonds is 3. The first-order valence-corrected chi connectivity index (χ1v) is 8.42. The molecule has 0 spiro atoms. The summed E-state index contributed by atoms with van der Waals surface area (Å²) < 4.78 is 6.94. The van der Waals surface area contributed by atoms with Crippen molar-refractivity contribution in [3.8, 4) is 5.75 Å². The third-order valence-electron chi connectivity index (χ3n) is 3.43. The number of nitrogens with two attached hydrogens (primary N) is 1. The molecule has 1 aliphatic rings. The maximum absolute atomic E-state index is 6.07. The molecule has 3 N–H and O–H groups in total. The van der Waals surface area contributed by atoms with Crippen LogP contribution in [0.1, 0.15) is 23.6 Å². The zero-order valence-electron chi connectivity index (χ0n) is 12.1. The van der Waals surface area contributed by atoms with Crippen LogP contribution in [0.15, 0.2) is 35.3 Å². The molecule has 2 aromatic rings. The van der Waals surface area contributed by atoms with E-state index in [4.69, 9.17) is 33.7 Å². The first kappa shape index (κ1) is 18.6. The monoisotopic (exact) mass is 483 g/mol. The van der Waals surface area contributed by atoms with Crippen LogP contribution in [0, 0.1) is 0 Å². The Bertz CT molecular complexity index is 708. The quantitative estimate of drug-likeness (QED) is 0.381. The van der Waals surface area contributed by atoms with Crippen molar-refractivity contribution in [2.75, 3.05) is 6.61 Å². The number of hydrogen-bond donors (Lipinski definition) is 2. The number of halogens is 3. The molecule has 1 unspecified atom stereocenters. The highest BCUT2D eigenvalue weighted by molar-refractivity contribution is 14.0. The van der Waals surface area contributed by atoms with Gasteiger partial charge in [-0.3, -0.25) is 0 Å². The van der Waals surface area contributed by atoms with Crippen LogP contribution in [0.2, 0.25) is 8.67 Å². The molecule has 8 heteroatoms. The van der Waals surface area contributed by atoms with Crippen molar-refractivity contribution in [2.24, 2.45) is 10.7 Å². The highest BCUT2D eigenvalue weighted by atomic mass is 127. The average Bonchev–Trinajstić information content (AvgIpc) is 2.83. The predicted octanol–water partition coefficient (Wildman–Crippen LogP) is 4.60. The van der Waals surface area contributed by atoms with Crippen LogP contribution in [0.3, 0.4) is 0 Å². The second-order valence-electron chi connectivity index (χ2n) is 4.92. The van der Waals surface area contributed by atoms with Gasteiger partial charge in [-0.25, -0.2) is 4.99 Å². The number of aliphatic imine (C=N–C) groups is 1. The lowest BCUT2D eigenvalue weighted by Crippen LogP contribution is -2.37. The molecule has 0 aliphatic carbocycles. The fourth-order valence-corrected chi connectivity index (χ4v) is 3.84. The summed E-state index contributed by atoms with van der Waals surface area (Å²) in [6.07, 6.45) is 0.846. The van der Waals surface area contributed by atoms with Crippen molar-refractivity contribution in [3.63, 3.8) is 0 Å². The Hall–Kier alpha value is -0.700. The van der Waals surface area contributed by atoms with Crippen molar-refractivity contribution in [1.29, 1.82) is 0 Å². The number of hydrogen-bond acceptors (Lipinski definition) is 3. The second-order valence-corrected chi connectivity index (χ2v) is 7.21. The lowest BCUT2D eigenvalue weighted by atomic mass is 10.0. The van der Waals surface area contributed by atoms with Gasteiger partial charge in [0.15, 0.2) is 5.96 Å². The lowest BCUT2D eigenvalue weighted by Gasteiger charge is -2.26. The minimum Gasteiger partial charge on any atom is -0.493 e. The molecule has 1 aliphatic heterocycles. The van der Waals surface area contributed by atoms with Crippen LogP contribution in [0.5, 0.6) is 5.75 Å². The summed E-state index contributed by atoms with van der Waals surface area (Å²) in [5.74, 6) is 1.28. The van der Waals surface area contributed by atoms with Gasteiger partial charge in [0.1, 0.15) is 5.75 Å². The summed E-state index contributed by atoms with van der Waals surface area (Å²) in [6.45, 7) is 1.07. The molecule has 0 fully saturated rings. The highest BCUT2D eigenvalue weighted by Crippen LogP contribution is 2.32. The normalized spacial score (nSPS) is 17.0. The molecule has 3 rings (SSSR count). The van der Waals surface area contributed by atoms with E-state index in [2.05, 4.69) is 10.3 Å². The maximum Gasteiger partial charge on any atom is 0.189 e. The summed E-state index contributed by atoms with van der Waals surface area (Å²) in [4.78, 5) is 4.34. The van der Waals surface area contributed by atoms with E-state index in [-0.39, 0.29) is 30.0 Å². The smallest absolute Gasteiger partial charge is 0.189 e. The molecule has 124 valence electrons. The molecule has 0 saturated heterocycles. The van der Waals surface area contributed by atoms with Crippen molar-refractivity contribution < 1.29 is 4.74 Å². The molecular formula is C15H16Cl2IN3OS. The molecule has 0 amide bonds. The van der Waals surface area contributed by atoms with Gasteiger partial charge in [-0.1, -0.05) is 41.4 Å². The third-order valence-corrected chi connectivity index (χ3v) is 5.00. The fourth-order valence-electron chi connectivity index (χ4n) is 2.37. The Labute approximate surface area is 166 Å². The zero-order chi connectivity index (χ0) is 15.5. The number of ether oxygens (including phenoxy) is 1. The Morgan fingerprint density at radius 3 is 2.91 bits per heavy atom. The van der Waals surface area contributed by atoms with Crippen molar-refractivity contribution >= 4 is 64.5 Å². The van der Waals surface area contributed by atoms with Gasteiger partial charge in [0.05, 0.1) is 27.9 Å². The Kier molecular flexibility index (Phi) is 6.82. The molecule has 23 heavy (non-hydrogen) atoms. The Morgan fingerprint density at radius 2 is 2.17 bits per heavy atom. The van der Waals surface area contributed by atoms with E-state index in [1.807, 2.05) is 30.3 Å². The number of benzene rings is 1. The first-order valence-electron chi connectivity index (χ1n) is 6.85. The average molecular weight is 484 g/mol. The van der Waals surface area contributed by atoms with Crippen LogP contribution >= 0.6 is 58.5 Å². The van der Waals surface area contributed by atoms with Crippen molar-refractivity contribution in [3.05, 3.63) is 50.1 Å². The molecule has 0 bridgehead atoms. The summed E-state index contributed by atoms with van der Waals surface area (Å²) in [7, 11) is 0. The maximum atomic E-state index is 6.07. The number of para-hydroxylation sites is 1. The number of guanidine groups is 1. The topological polar surface area (TPSA) is 59.6 Å². The van der Waals surface area contributed by atoms with Crippen LogP contribution in [0.25, 0.3) is 0 Å². The van der Waals surface area contributed by atoms with E-state index in [0.29, 0.717) is 27.8 Å². The van der Waals surface area contributed by atoms with E-state index in [9.17, 15) is 0 Å². The molecule has 1 aromatic heterocycles. The number of fused-ring (bicyclic) bond motifs is 1. The second kappa shape index (κ2) is 8.41. The van der Waals surface area contributed by atoms with Crippen molar-refractivity contribution in [2.45, 2.75) is 19.0 Å². The van der Waals surface area contributed by atoms with Crippen LogP contribution < -0.4 is 15.8 Å². The summed E-state index contributed by atoms with van der Waals surface area (Å²) >= 11 is 13.3. The fraction of sp³-hybridized carbons (Fsp3) is 0.267. The lowest BCUT2D eigenvalue weighted by molar-refractivity contribution is 0.262. The predicted molar refractivity (Wildman–Crippen MR) is 108 cm³/mol. The first-order chi connectivity index (χ1) is 10.6. The van der Waals surface area contributed by atoms with E-state index >= 15 is 0 Å². The number of thiophene rings is 1. The third kappa shape index (κ3) is 4.65. The minimum atomic E-state index is 0. The van der Waals surface area contributed by atoms with Gasteiger partial charge < -0.3 is 15.8 Å². The molecule has 1 aromatic carbocycles. The summed E-state index contributed by atoms with van der Waals surface area (Å²) in [5, 5.41) is 3.25. The van der Waals surface area contributed by atoms with Gasteiger partial charge in [-0.05, 0) is 12.1 Å². The molecular weight excluding hydrogens is 468 g/mol. The number of nitrogens with zero attached hydrogens (tertiary/aromatic N) is 1. The molecule has 2 heterocycles. The van der Waals surface area contributed by atoms with Gasteiger partial charge in [-0.15, -0.1) is 35.3 Å². The zero-order valence-corrected chi connectivity index (χ0v) is 16.7. The molecule has 0 radical (unpaired) electrons. The minimum absolute atomic E-state index is 0. The highest BCUT2D eigenvalue weighted by Gasteiger charge is 2.21.